The van der Waals surface area contributed by atoms with Crippen LogP contribution >= 0.6 is 27.3 Å². The van der Waals surface area contributed by atoms with Gasteiger partial charge in [0.2, 0.25) is 17.7 Å². The second-order valence-corrected chi connectivity index (χ2v) is 18.6. The summed E-state index contributed by atoms with van der Waals surface area (Å²) in [6.07, 6.45) is 4.74. The lowest BCUT2D eigenvalue weighted by Crippen LogP contribution is -2.63. The molecule has 2 heterocycles. The number of aliphatic carboxylic acids is 1. The molecular weight excluding hydrogens is 846 g/mol. The van der Waals surface area contributed by atoms with E-state index in [1.165, 1.54) is 11.3 Å². The van der Waals surface area contributed by atoms with E-state index in [4.69, 9.17) is 9.47 Å². The number of anilines is 1. The average molecular weight is 897 g/mol. The van der Waals surface area contributed by atoms with Crippen molar-refractivity contribution in [1.29, 1.82) is 0 Å². The monoisotopic (exact) mass is 895 g/mol. The molecule has 59 heavy (non-hydrogen) atoms. The van der Waals surface area contributed by atoms with E-state index in [0.29, 0.717) is 12.1 Å². The zero-order valence-corrected chi connectivity index (χ0v) is 35.5. The predicted molar refractivity (Wildman–Crippen MR) is 219 cm³/mol. The third-order valence-electron chi connectivity index (χ3n) is 13.6. The molecule has 3 saturated carbocycles. The second-order valence-electron chi connectivity index (χ2n) is 16.9. The lowest BCUT2D eigenvalue weighted by molar-refractivity contribution is -0.200. The third-order valence-corrected chi connectivity index (χ3v) is 15.4. The number of ketones is 2. The highest BCUT2D eigenvalue weighted by atomic mass is 79.9. The van der Waals surface area contributed by atoms with Gasteiger partial charge in [-0.15, -0.1) is 11.3 Å². The number of carbonyl (C=O) groups excluding carboxylic acids is 5. The van der Waals surface area contributed by atoms with Crippen molar-refractivity contribution in [3.63, 3.8) is 0 Å². The third kappa shape index (κ3) is 7.76. The molecule has 11 atom stereocenters. The van der Waals surface area contributed by atoms with Crippen LogP contribution in [0, 0.1) is 28.6 Å². The lowest BCUT2D eigenvalue weighted by atomic mass is 9.46. The van der Waals surface area contributed by atoms with Crippen molar-refractivity contribution in [2.45, 2.75) is 95.4 Å². The zero-order chi connectivity index (χ0) is 42.4. The molecule has 4 aliphatic carbocycles. The smallest absolute Gasteiger partial charge is 0.303 e. The quantitative estimate of drug-likeness (QED) is 0.147. The number of rotatable bonds is 14. The first-order valence-corrected chi connectivity index (χ1v) is 21.9. The Bertz CT molecular complexity index is 2100. The molecule has 0 spiro atoms. The summed E-state index contributed by atoms with van der Waals surface area (Å²) in [5.74, 6) is -3.58. The van der Waals surface area contributed by atoms with E-state index < -0.39 is 77.1 Å². The van der Waals surface area contributed by atoms with E-state index >= 15 is 0 Å². The minimum atomic E-state index is -1.47. The van der Waals surface area contributed by atoms with Crippen LogP contribution in [0.3, 0.4) is 0 Å². The highest BCUT2D eigenvalue weighted by molar-refractivity contribution is 9.09. The summed E-state index contributed by atoms with van der Waals surface area (Å²) < 4.78 is 13.5. The Balaban J connectivity index is 1.06. The number of benzene rings is 1. The number of fused-ring (bicyclic) bond motifs is 7. The number of carboxylic acids is 1. The van der Waals surface area contributed by atoms with Gasteiger partial charge in [0.1, 0.15) is 12.6 Å². The first kappa shape index (κ1) is 43.0. The van der Waals surface area contributed by atoms with Crippen LogP contribution in [0.5, 0.6) is 0 Å². The summed E-state index contributed by atoms with van der Waals surface area (Å²) in [6.45, 7) is 5.00. The van der Waals surface area contributed by atoms with Crippen molar-refractivity contribution >= 4 is 68.2 Å². The molecule has 0 bridgehead atoms. The molecule has 4 fully saturated rings. The summed E-state index contributed by atoms with van der Waals surface area (Å²) >= 11 is 4.46. The number of aliphatic hydroxyl groups is 2. The fourth-order valence-corrected chi connectivity index (χ4v) is 12.1. The van der Waals surface area contributed by atoms with E-state index in [2.05, 4.69) is 38.8 Å². The number of hydrogen-bond donors (Lipinski definition) is 6. The number of halogens is 1. The van der Waals surface area contributed by atoms with Gasteiger partial charge in [0, 0.05) is 39.7 Å². The van der Waals surface area contributed by atoms with Crippen LogP contribution < -0.4 is 16.0 Å². The van der Waals surface area contributed by atoms with Crippen LogP contribution in [0.2, 0.25) is 0 Å². The van der Waals surface area contributed by atoms with Gasteiger partial charge in [-0.3, -0.25) is 28.8 Å². The van der Waals surface area contributed by atoms with Crippen LogP contribution in [-0.2, 0) is 38.2 Å². The maximum Gasteiger partial charge on any atom is 0.303 e. The van der Waals surface area contributed by atoms with E-state index in [1.807, 2.05) is 38.1 Å². The number of allylic oxidation sites excluding steroid dienone is 4. The summed E-state index contributed by atoms with van der Waals surface area (Å²) in [4.78, 5) is 76.6. The number of nitrogens with one attached hydrogen (secondary N) is 3. The highest BCUT2D eigenvalue weighted by Crippen LogP contribution is 2.70. The number of amides is 3. The summed E-state index contributed by atoms with van der Waals surface area (Å²) in [6, 6.07) is 9.86. The largest absolute Gasteiger partial charge is 0.481 e. The van der Waals surface area contributed by atoms with E-state index in [9.17, 15) is 44.1 Å². The van der Waals surface area contributed by atoms with Crippen LogP contribution in [0.15, 0.2) is 60.2 Å². The van der Waals surface area contributed by atoms with Crippen molar-refractivity contribution < 1.29 is 53.6 Å². The molecule has 2 aromatic rings. The lowest BCUT2D eigenvalue weighted by Gasteiger charge is -2.59. The number of thiophene rings is 1. The molecule has 0 unspecified atom stereocenters. The maximum atomic E-state index is 14.0. The number of alkyl halides is 1. The molecule has 316 valence electrons. The van der Waals surface area contributed by atoms with Crippen LogP contribution in [-0.4, -0.2) is 92.9 Å². The Morgan fingerprint density at radius 3 is 2.61 bits per heavy atom. The molecule has 7 rings (SSSR count). The Morgan fingerprint density at radius 1 is 1.10 bits per heavy atom. The number of carbonyl (C=O) groups is 6. The molecule has 1 aromatic carbocycles. The van der Waals surface area contributed by atoms with Crippen LogP contribution in [0.4, 0.5) is 5.69 Å². The summed E-state index contributed by atoms with van der Waals surface area (Å²) in [5, 5.41) is 39.3. The molecule has 0 radical (unpaired) electrons. The number of Topliss-reactive ketones (excluding diaryl/α,β-unsaturated/α-hetero) is 1. The number of aliphatic hydroxyl groups excluding tert-OH is 2. The van der Waals surface area contributed by atoms with E-state index in [1.54, 1.807) is 30.4 Å². The van der Waals surface area contributed by atoms with Crippen LogP contribution in [0.25, 0.3) is 0 Å². The molecule has 1 saturated heterocycles. The van der Waals surface area contributed by atoms with Gasteiger partial charge in [-0.05, 0) is 85.9 Å². The number of ether oxygens (including phenoxy) is 2. The topological polar surface area (TPSA) is 218 Å². The molecule has 1 aromatic heterocycles. The summed E-state index contributed by atoms with van der Waals surface area (Å²) in [5.41, 5.74) is -0.435. The van der Waals surface area contributed by atoms with Gasteiger partial charge in [-0.1, -0.05) is 60.5 Å². The Labute approximate surface area is 354 Å². The van der Waals surface area contributed by atoms with Crippen molar-refractivity contribution in [3.05, 3.63) is 75.5 Å². The number of hydrogen-bond acceptors (Lipinski definition) is 11. The standard InChI is InChI=1S/C43H50BrN3O11S/c1-22(23-5-4-6-25(15-23)46-39(56)29(9-12-37(54)55)47-36(53)20-45-35(52)19-44)31-10-11-32(59-31)40-57-34-17-28-27-8-7-24-16-26(49)13-14-41(24,2)38(27)30(50)18-42(28,3)43(34,58-40)33(51)21-48/h4-6,10-11,13-16,22,27-30,34,38,40,48,50H,7-9,12,17-21H2,1-3H3,(H,45,52)(H,46,56)(H,47,53)(H,54,55)/t22-,27-,28-,29-,30-,34+,38+,40+,41-,42-,43+/m0/s1. The fourth-order valence-electron chi connectivity index (χ4n) is 10.8. The molecule has 16 heteroatoms. The SMILES string of the molecule is C[C@@H](c1cccc(NC(=O)[C@H](CCC(=O)O)NC(=O)CNC(=O)CBr)c1)c1ccc([C@@H]2O[C@@H]3C[C@H]4[C@@H]5CCC6=CC(=O)C=C[C@]6(C)[C@H]5[C@@H](O)C[C@]4(C)[C@]3(C(=O)CO)O2)s1. The van der Waals surface area contributed by atoms with Gasteiger partial charge in [-0.25, -0.2) is 0 Å². The van der Waals surface area contributed by atoms with Gasteiger partial charge < -0.3 is 40.7 Å². The first-order valence-electron chi connectivity index (χ1n) is 20.0. The Kier molecular flexibility index (Phi) is 12.2. The van der Waals surface area contributed by atoms with Gasteiger partial charge in [-0.2, -0.15) is 0 Å². The van der Waals surface area contributed by atoms with Crippen molar-refractivity contribution in [2.75, 3.05) is 23.8 Å². The molecule has 6 N–H and O–H groups in total. The number of carboxylic acid groups (broad SMARTS) is 1. The highest BCUT2D eigenvalue weighted by Gasteiger charge is 2.76. The fraction of sp³-hybridized carbons (Fsp3) is 0.535. The average Bonchev–Trinajstić information content (AvgIpc) is 3.91. The first-order chi connectivity index (χ1) is 28.0. The molecule has 14 nitrogen and oxygen atoms in total. The molecular formula is C43H50BrN3O11S. The van der Waals surface area contributed by atoms with Gasteiger partial charge in [0.25, 0.3) is 0 Å². The molecule has 1 aliphatic heterocycles. The van der Waals surface area contributed by atoms with Gasteiger partial charge in [0.15, 0.2) is 23.5 Å². The Hall–Kier alpha value is -4.06. The Morgan fingerprint density at radius 2 is 1.88 bits per heavy atom. The molecule has 5 aliphatic rings. The van der Waals surface area contributed by atoms with Crippen LogP contribution in [0.1, 0.15) is 86.8 Å². The van der Waals surface area contributed by atoms with Crippen molar-refractivity contribution in [2.24, 2.45) is 28.6 Å². The van der Waals surface area contributed by atoms with Crippen molar-refractivity contribution in [3.8, 4) is 0 Å². The maximum absolute atomic E-state index is 14.0. The van der Waals surface area contributed by atoms with Gasteiger partial charge in [0.05, 0.1) is 29.0 Å². The predicted octanol–water partition coefficient (Wildman–Crippen LogP) is 4.30. The normalized spacial score (nSPS) is 32.7. The minimum Gasteiger partial charge on any atom is -0.481 e. The minimum absolute atomic E-state index is 0.00420. The van der Waals surface area contributed by atoms with Crippen molar-refractivity contribution in [1.82, 2.24) is 10.6 Å². The second kappa shape index (κ2) is 16.8. The molecule has 3 amide bonds. The summed E-state index contributed by atoms with van der Waals surface area (Å²) in [7, 11) is 0. The van der Waals surface area contributed by atoms with E-state index in [0.717, 1.165) is 33.7 Å². The van der Waals surface area contributed by atoms with Gasteiger partial charge >= 0.3 is 5.97 Å². The van der Waals surface area contributed by atoms with E-state index in [-0.39, 0.29) is 60.6 Å². The zero-order valence-electron chi connectivity index (χ0n) is 33.1.